The summed E-state index contributed by atoms with van der Waals surface area (Å²) >= 11 is 0. The highest BCUT2D eigenvalue weighted by atomic mass is 16.6. The van der Waals surface area contributed by atoms with E-state index in [1.165, 1.54) is 31.2 Å². The largest absolute Gasteiger partial charge is 0.456 e. The van der Waals surface area contributed by atoms with E-state index < -0.39 is 5.60 Å². The fraction of sp³-hybridized carbons (Fsp3) is 0.639. The summed E-state index contributed by atoms with van der Waals surface area (Å²) in [6.45, 7) is 16.0. The molecule has 0 N–H and O–H groups in total. The predicted molar refractivity (Wildman–Crippen MR) is 173 cm³/mol. The Morgan fingerprint density at radius 1 is 0.977 bits per heavy atom. The first-order chi connectivity index (χ1) is 21.0. The molecule has 2 saturated heterocycles. The van der Waals surface area contributed by atoms with E-state index in [0.29, 0.717) is 47.3 Å². The van der Waals surface area contributed by atoms with Crippen molar-refractivity contribution in [3.63, 3.8) is 0 Å². The number of aryl methyl sites for hydroxylation is 1. The third kappa shape index (κ3) is 7.92. The molecule has 1 saturated carbocycles. The number of aromatic nitrogens is 1. The zero-order valence-electron chi connectivity index (χ0n) is 27.7. The first-order valence-corrected chi connectivity index (χ1v) is 16.8. The molecule has 1 atom stereocenters. The molecular weight excluding hydrogens is 552 g/mol. The van der Waals surface area contributed by atoms with Crippen molar-refractivity contribution in [2.24, 2.45) is 5.92 Å². The van der Waals surface area contributed by atoms with Crippen molar-refractivity contribution in [2.75, 3.05) is 19.6 Å². The Balaban J connectivity index is 1.17. The van der Waals surface area contributed by atoms with Gasteiger partial charge in [0.25, 0.3) is 0 Å². The summed E-state index contributed by atoms with van der Waals surface area (Å²) in [5.41, 5.74) is 2.21. The number of hydrogen-bond donors (Lipinski definition) is 0. The van der Waals surface area contributed by atoms with E-state index in [1.54, 1.807) is 24.3 Å². The van der Waals surface area contributed by atoms with Crippen LogP contribution in [0.1, 0.15) is 108 Å². The number of likely N-dealkylation sites (tertiary alicyclic amines) is 1. The van der Waals surface area contributed by atoms with Crippen molar-refractivity contribution >= 4 is 12.0 Å². The fourth-order valence-electron chi connectivity index (χ4n) is 7.14. The number of carbonyl (C=O) groups excluding carboxylic acids is 2. The smallest absolute Gasteiger partial charge is 0.338 e. The van der Waals surface area contributed by atoms with Crippen LogP contribution < -0.4 is 4.74 Å². The number of amides is 2. The summed E-state index contributed by atoms with van der Waals surface area (Å²) in [6, 6.07) is 12.5. The van der Waals surface area contributed by atoms with Crippen LogP contribution in [0.5, 0.6) is 11.6 Å². The van der Waals surface area contributed by atoms with Gasteiger partial charge in [-0.3, -0.25) is 4.90 Å². The molecule has 2 aromatic rings. The molecule has 3 fully saturated rings. The fourth-order valence-corrected chi connectivity index (χ4v) is 7.14. The van der Waals surface area contributed by atoms with E-state index in [2.05, 4.69) is 41.5 Å². The highest BCUT2D eigenvalue weighted by Crippen LogP contribution is 2.34. The molecule has 8 heteroatoms. The van der Waals surface area contributed by atoms with Crippen LogP contribution in [-0.4, -0.2) is 75.0 Å². The lowest BCUT2D eigenvalue weighted by Crippen LogP contribution is -2.49. The van der Waals surface area contributed by atoms with Gasteiger partial charge in [-0.05, 0) is 95.0 Å². The van der Waals surface area contributed by atoms with E-state index in [-0.39, 0.29) is 5.97 Å². The van der Waals surface area contributed by atoms with Crippen LogP contribution in [0.2, 0.25) is 0 Å². The average Bonchev–Trinajstić information content (AvgIpc) is 3.61. The summed E-state index contributed by atoms with van der Waals surface area (Å²) in [7, 11) is 0. The number of ether oxygens (including phenoxy) is 2. The van der Waals surface area contributed by atoms with Crippen molar-refractivity contribution in [3.05, 3.63) is 53.2 Å². The summed E-state index contributed by atoms with van der Waals surface area (Å²) < 4.78 is 11.5. The molecule has 2 amide bonds. The number of esters is 1. The standard InChI is InChI=1S/C36H52N4O4/c1-7-32-27(14-17-33(37-32)43-31-15-12-26(13-16-31)34(41)44-36(4,5)6)23-38-20-18-29(19-21-38)40-30(22-25(2)3)24-39(35(40)42)28-10-8-9-11-28/h12-17,25,28-30H,7-11,18-24H2,1-6H3. The monoisotopic (exact) mass is 604 g/mol. The molecular formula is C36H52N4O4. The number of nitrogens with zero attached hydrogens (tertiary/aromatic N) is 4. The van der Waals surface area contributed by atoms with Gasteiger partial charge in [0.2, 0.25) is 5.88 Å². The maximum Gasteiger partial charge on any atom is 0.338 e. The lowest BCUT2D eigenvalue weighted by Gasteiger charge is -2.39. The van der Waals surface area contributed by atoms with E-state index in [0.717, 1.165) is 57.6 Å². The van der Waals surface area contributed by atoms with Crippen LogP contribution in [0.3, 0.4) is 0 Å². The van der Waals surface area contributed by atoms with Gasteiger partial charge in [-0.1, -0.05) is 39.7 Å². The second-order valence-electron chi connectivity index (χ2n) is 14.3. The number of carbonyl (C=O) groups is 2. The summed E-state index contributed by atoms with van der Waals surface area (Å²) in [6.07, 6.45) is 8.80. The van der Waals surface area contributed by atoms with Gasteiger partial charge >= 0.3 is 12.0 Å². The molecule has 8 nitrogen and oxygen atoms in total. The number of hydrogen-bond acceptors (Lipinski definition) is 6. The van der Waals surface area contributed by atoms with Crippen LogP contribution >= 0.6 is 0 Å². The molecule has 44 heavy (non-hydrogen) atoms. The minimum atomic E-state index is -0.537. The van der Waals surface area contributed by atoms with Crippen molar-refractivity contribution in [3.8, 4) is 11.6 Å². The van der Waals surface area contributed by atoms with Crippen molar-refractivity contribution < 1.29 is 19.1 Å². The van der Waals surface area contributed by atoms with E-state index in [9.17, 15) is 9.59 Å². The molecule has 3 aliphatic rings. The van der Waals surface area contributed by atoms with Gasteiger partial charge in [0, 0.05) is 50.0 Å². The molecule has 0 bridgehead atoms. The summed E-state index contributed by atoms with van der Waals surface area (Å²) in [5, 5.41) is 0. The van der Waals surface area contributed by atoms with Crippen LogP contribution in [0.15, 0.2) is 36.4 Å². The van der Waals surface area contributed by atoms with Crippen molar-refractivity contribution in [1.29, 1.82) is 0 Å². The number of rotatable bonds is 10. The molecule has 1 aromatic carbocycles. The van der Waals surface area contributed by atoms with Gasteiger partial charge in [0.1, 0.15) is 11.4 Å². The molecule has 5 rings (SSSR count). The molecule has 1 unspecified atom stereocenters. The molecule has 3 heterocycles. The highest BCUT2D eigenvalue weighted by Gasteiger charge is 2.44. The highest BCUT2D eigenvalue weighted by molar-refractivity contribution is 5.89. The summed E-state index contributed by atoms with van der Waals surface area (Å²) in [5.74, 6) is 1.41. The zero-order chi connectivity index (χ0) is 31.4. The van der Waals surface area contributed by atoms with Gasteiger partial charge < -0.3 is 19.3 Å². The third-order valence-electron chi connectivity index (χ3n) is 9.21. The van der Waals surface area contributed by atoms with Crippen LogP contribution in [0, 0.1) is 5.92 Å². The quantitative estimate of drug-likeness (QED) is 0.262. The van der Waals surface area contributed by atoms with Gasteiger partial charge in [0.05, 0.1) is 11.6 Å². The minimum Gasteiger partial charge on any atom is -0.456 e. The van der Waals surface area contributed by atoms with Gasteiger partial charge in [-0.25, -0.2) is 14.6 Å². The first kappa shape index (κ1) is 32.3. The Labute approximate surface area is 264 Å². The SMILES string of the molecule is CCc1nc(Oc2ccc(C(=O)OC(C)(C)C)cc2)ccc1CN1CCC(N2C(=O)N(C3CCCC3)CC2CC(C)C)CC1. The third-order valence-corrected chi connectivity index (χ3v) is 9.21. The average molecular weight is 605 g/mol. The maximum atomic E-state index is 13.7. The number of urea groups is 1. The second kappa shape index (κ2) is 13.9. The first-order valence-electron chi connectivity index (χ1n) is 16.8. The van der Waals surface area contributed by atoms with Gasteiger partial charge in [-0.2, -0.15) is 0 Å². The zero-order valence-corrected chi connectivity index (χ0v) is 27.7. The Bertz CT molecular complexity index is 1270. The minimum absolute atomic E-state index is 0.300. The van der Waals surface area contributed by atoms with Crippen LogP contribution in [-0.2, 0) is 17.7 Å². The van der Waals surface area contributed by atoms with Gasteiger partial charge in [0.15, 0.2) is 0 Å². The van der Waals surface area contributed by atoms with Crippen molar-refractivity contribution in [1.82, 2.24) is 19.7 Å². The van der Waals surface area contributed by atoms with E-state index >= 15 is 0 Å². The Morgan fingerprint density at radius 3 is 2.27 bits per heavy atom. The normalized spacial score (nSPS) is 20.6. The Kier molecular flexibility index (Phi) is 10.2. The Morgan fingerprint density at radius 2 is 1.66 bits per heavy atom. The molecule has 0 radical (unpaired) electrons. The van der Waals surface area contributed by atoms with Crippen molar-refractivity contribution in [2.45, 2.75) is 123 Å². The van der Waals surface area contributed by atoms with E-state index in [4.69, 9.17) is 14.5 Å². The lowest BCUT2D eigenvalue weighted by atomic mass is 9.97. The van der Waals surface area contributed by atoms with Gasteiger partial charge in [-0.15, -0.1) is 0 Å². The van der Waals surface area contributed by atoms with Crippen LogP contribution in [0.4, 0.5) is 4.79 Å². The Hall–Kier alpha value is -3.13. The number of benzene rings is 1. The molecule has 0 spiro atoms. The molecule has 1 aromatic heterocycles. The number of piperidine rings is 1. The number of pyridine rings is 1. The predicted octanol–water partition coefficient (Wildman–Crippen LogP) is 7.45. The maximum absolute atomic E-state index is 13.7. The molecule has 240 valence electrons. The molecule has 2 aliphatic heterocycles. The van der Waals surface area contributed by atoms with E-state index in [1.807, 2.05) is 26.8 Å². The topological polar surface area (TPSA) is 75.2 Å². The molecule has 1 aliphatic carbocycles. The second-order valence-corrected chi connectivity index (χ2v) is 14.3. The summed E-state index contributed by atoms with van der Waals surface area (Å²) in [4.78, 5) is 37.9. The van der Waals surface area contributed by atoms with Crippen LogP contribution in [0.25, 0.3) is 0 Å². The lowest BCUT2D eigenvalue weighted by molar-refractivity contribution is 0.00694.